The summed E-state index contributed by atoms with van der Waals surface area (Å²) >= 11 is 0. The van der Waals surface area contributed by atoms with Gasteiger partial charge in [0.05, 0.1) is 22.4 Å². The van der Waals surface area contributed by atoms with Gasteiger partial charge < -0.3 is 10.0 Å². The molecule has 1 atom stereocenters. The molecule has 0 bridgehead atoms. The van der Waals surface area contributed by atoms with E-state index in [0.29, 0.717) is 25.8 Å². The second kappa shape index (κ2) is 7.43. The highest BCUT2D eigenvalue weighted by Gasteiger charge is 2.39. The molecule has 7 nitrogen and oxygen atoms in total. The van der Waals surface area contributed by atoms with Crippen LogP contribution in [0.2, 0.25) is 0 Å². The number of carbonyl (C=O) groups is 2. The normalized spacial score (nSPS) is 21.0. The van der Waals surface area contributed by atoms with Crippen molar-refractivity contribution in [2.24, 2.45) is 5.41 Å². The molecule has 0 aliphatic carbocycles. The molecule has 1 aromatic rings. The number of likely N-dealkylation sites (tertiary alicyclic amines) is 1. The lowest BCUT2D eigenvalue weighted by atomic mass is 9.82. The summed E-state index contributed by atoms with van der Waals surface area (Å²) in [4.78, 5) is 25.8. The fourth-order valence-electron chi connectivity index (χ4n) is 3.00. The van der Waals surface area contributed by atoms with Crippen molar-refractivity contribution < 1.29 is 23.1 Å². The van der Waals surface area contributed by atoms with Crippen LogP contribution in [0.3, 0.4) is 0 Å². The number of para-hydroxylation sites is 1. The number of sulfonamides is 1. The number of carboxylic acids is 1. The second-order valence-electron chi connectivity index (χ2n) is 6.66. The molecular weight excluding hydrogens is 344 g/mol. The molecule has 138 valence electrons. The first kappa shape index (κ1) is 19.2. The minimum atomic E-state index is -3.52. The Kier molecular flexibility index (Phi) is 5.72. The van der Waals surface area contributed by atoms with E-state index in [0.717, 1.165) is 0 Å². The molecule has 25 heavy (non-hydrogen) atoms. The summed E-state index contributed by atoms with van der Waals surface area (Å²) in [5, 5.41) is 9.40. The summed E-state index contributed by atoms with van der Waals surface area (Å²) in [6.07, 6.45) is 1.57. The summed E-state index contributed by atoms with van der Waals surface area (Å²) in [5.41, 5.74) is -0.523. The Morgan fingerprint density at radius 1 is 1.32 bits per heavy atom. The third-order valence-electron chi connectivity index (χ3n) is 4.40. The zero-order valence-corrected chi connectivity index (χ0v) is 15.3. The number of rotatable bonds is 6. The predicted octanol–water partition coefficient (Wildman–Crippen LogP) is 2.17. The van der Waals surface area contributed by atoms with Gasteiger partial charge >= 0.3 is 5.97 Å². The Bertz CT molecular complexity index is 762. The lowest BCUT2D eigenvalue weighted by Gasteiger charge is -2.37. The number of carboxylic acid groups (broad SMARTS) is 1. The van der Waals surface area contributed by atoms with E-state index in [9.17, 15) is 23.1 Å². The number of carbonyl (C=O) groups excluding carboxylic acids is 1. The van der Waals surface area contributed by atoms with E-state index in [-0.39, 0.29) is 29.5 Å². The minimum Gasteiger partial charge on any atom is -0.481 e. The summed E-state index contributed by atoms with van der Waals surface area (Å²) in [7, 11) is -3.52. The number of benzene rings is 1. The molecule has 1 saturated heterocycles. The summed E-state index contributed by atoms with van der Waals surface area (Å²) in [6, 6.07) is 6.41. The molecule has 2 rings (SSSR count). The van der Waals surface area contributed by atoms with Crippen molar-refractivity contribution in [2.45, 2.75) is 33.1 Å². The van der Waals surface area contributed by atoms with E-state index >= 15 is 0 Å². The van der Waals surface area contributed by atoms with Gasteiger partial charge in [0.1, 0.15) is 0 Å². The Labute approximate surface area is 148 Å². The molecule has 0 aromatic heterocycles. The number of piperidine rings is 1. The highest BCUT2D eigenvalue weighted by atomic mass is 32.2. The van der Waals surface area contributed by atoms with E-state index in [1.165, 1.54) is 4.90 Å². The number of hydrogen-bond acceptors (Lipinski definition) is 4. The SMILES string of the molecule is CCCS(=O)(=O)Nc1ccccc1C(=O)N1CCCC(C)(C(=O)O)C1. The Balaban J connectivity index is 2.27. The van der Waals surface area contributed by atoms with Gasteiger partial charge in [-0.1, -0.05) is 19.1 Å². The Morgan fingerprint density at radius 2 is 2.00 bits per heavy atom. The number of nitrogens with one attached hydrogen (secondary N) is 1. The predicted molar refractivity (Wildman–Crippen MR) is 95.0 cm³/mol. The maximum absolute atomic E-state index is 12.9. The summed E-state index contributed by atoms with van der Waals surface area (Å²) in [6.45, 7) is 3.95. The van der Waals surface area contributed by atoms with E-state index in [2.05, 4.69) is 4.72 Å². The average Bonchev–Trinajstić information content (AvgIpc) is 2.54. The average molecular weight is 368 g/mol. The highest BCUT2D eigenvalue weighted by molar-refractivity contribution is 7.92. The number of amides is 1. The van der Waals surface area contributed by atoms with Gasteiger partial charge in [0, 0.05) is 13.1 Å². The lowest BCUT2D eigenvalue weighted by molar-refractivity contribution is -0.150. The van der Waals surface area contributed by atoms with Crippen LogP contribution < -0.4 is 4.72 Å². The van der Waals surface area contributed by atoms with Crippen LogP contribution in [0.25, 0.3) is 0 Å². The maximum atomic E-state index is 12.9. The van der Waals surface area contributed by atoms with Gasteiger partial charge in [-0.05, 0) is 38.3 Å². The number of aliphatic carboxylic acids is 1. The third kappa shape index (κ3) is 4.50. The van der Waals surface area contributed by atoms with Crippen LogP contribution in [0.5, 0.6) is 0 Å². The molecule has 1 aliphatic rings. The largest absolute Gasteiger partial charge is 0.481 e. The summed E-state index contributed by atoms with van der Waals surface area (Å²) < 4.78 is 26.5. The first-order chi connectivity index (χ1) is 11.7. The molecule has 1 unspecified atom stereocenters. The molecule has 0 radical (unpaired) electrons. The molecule has 2 N–H and O–H groups in total. The second-order valence-corrected chi connectivity index (χ2v) is 8.50. The van der Waals surface area contributed by atoms with Gasteiger partial charge in [0.25, 0.3) is 5.91 Å². The van der Waals surface area contributed by atoms with Gasteiger partial charge in [0.15, 0.2) is 0 Å². The molecule has 1 heterocycles. The molecule has 0 spiro atoms. The minimum absolute atomic E-state index is 0.0314. The topological polar surface area (TPSA) is 104 Å². The van der Waals surface area contributed by atoms with Gasteiger partial charge in [-0.25, -0.2) is 8.42 Å². The van der Waals surface area contributed by atoms with Crippen LogP contribution in [0.15, 0.2) is 24.3 Å². The molecule has 0 saturated carbocycles. The first-order valence-corrected chi connectivity index (χ1v) is 9.96. The van der Waals surface area contributed by atoms with Gasteiger partial charge in [0.2, 0.25) is 10.0 Å². The number of nitrogens with zero attached hydrogens (tertiary/aromatic N) is 1. The van der Waals surface area contributed by atoms with E-state index in [1.54, 1.807) is 38.1 Å². The summed E-state index contributed by atoms with van der Waals surface area (Å²) in [5.74, 6) is -1.32. The van der Waals surface area contributed by atoms with Crippen molar-refractivity contribution in [1.29, 1.82) is 0 Å². The maximum Gasteiger partial charge on any atom is 0.311 e. The number of anilines is 1. The van der Waals surface area contributed by atoms with Crippen molar-refractivity contribution in [1.82, 2.24) is 4.90 Å². The van der Waals surface area contributed by atoms with E-state index in [1.807, 2.05) is 0 Å². The quantitative estimate of drug-likeness (QED) is 0.801. The smallest absolute Gasteiger partial charge is 0.311 e. The van der Waals surface area contributed by atoms with Gasteiger partial charge in [-0.15, -0.1) is 0 Å². The van der Waals surface area contributed by atoms with Crippen molar-refractivity contribution >= 4 is 27.6 Å². The van der Waals surface area contributed by atoms with Crippen molar-refractivity contribution in [3.63, 3.8) is 0 Å². The van der Waals surface area contributed by atoms with Crippen LogP contribution in [0, 0.1) is 5.41 Å². The molecule has 1 amide bonds. The van der Waals surface area contributed by atoms with E-state index in [4.69, 9.17) is 0 Å². The highest BCUT2D eigenvalue weighted by Crippen LogP contribution is 2.31. The van der Waals surface area contributed by atoms with Crippen LogP contribution >= 0.6 is 0 Å². The Hall–Kier alpha value is -2.09. The lowest BCUT2D eigenvalue weighted by Crippen LogP contribution is -2.48. The zero-order valence-electron chi connectivity index (χ0n) is 14.5. The molecule has 1 aromatic carbocycles. The van der Waals surface area contributed by atoms with Crippen molar-refractivity contribution in [3.05, 3.63) is 29.8 Å². The Morgan fingerprint density at radius 3 is 2.64 bits per heavy atom. The fraction of sp³-hybridized carbons (Fsp3) is 0.529. The van der Waals surface area contributed by atoms with Crippen LogP contribution in [0.4, 0.5) is 5.69 Å². The van der Waals surface area contributed by atoms with Gasteiger partial charge in [-0.2, -0.15) is 0 Å². The van der Waals surface area contributed by atoms with E-state index < -0.39 is 21.4 Å². The van der Waals surface area contributed by atoms with Crippen molar-refractivity contribution in [2.75, 3.05) is 23.6 Å². The molecule has 1 fully saturated rings. The standard InChI is InChI=1S/C17H24N2O5S/c1-3-11-25(23,24)18-14-8-5-4-7-13(14)15(20)19-10-6-9-17(2,12-19)16(21)22/h4-5,7-8,18H,3,6,9-12H2,1-2H3,(H,21,22). The first-order valence-electron chi connectivity index (χ1n) is 8.31. The molecule has 8 heteroatoms. The van der Waals surface area contributed by atoms with Crippen molar-refractivity contribution in [3.8, 4) is 0 Å². The molecule has 1 aliphatic heterocycles. The third-order valence-corrected chi connectivity index (χ3v) is 5.87. The monoisotopic (exact) mass is 368 g/mol. The van der Waals surface area contributed by atoms with Crippen LogP contribution in [-0.2, 0) is 14.8 Å². The number of hydrogen-bond donors (Lipinski definition) is 2. The van der Waals surface area contributed by atoms with Crippen LogP contribution in [0.1, 0.15) is 43.5 Å². The fourth-order valence-corrected chi connectivity index (χ4v) is 4.16. The molecular formula is C17H24N2O5S. The van der Waals surface area contributed by atoms with Crippen LogP contribution in [-0.4, -0.2) is 49.1 Å². The van der Waals surface area contributed by atoms with Gasteiger partial charge in [-0.3, -0.25) is 14.3 Å². The zero-order chi connectivity index (χ0) is 18.7.